The summed E-state index contributed by atoms with van der Waals surface area (Å²) in [5, 5.41) is 1.17. The molecule has 1 aromatic carbocycles. The highest BCUT2D eigenvalue weighted by atomic mass is 15.2. The summed E-state index contributed by atoms with van der Waals surface area (Å²) >= 11 is 0. The van der Waals surface area contributed by atoms with E-state index in [1.807, 2.05) is 12.1 Å². The van der Waals surface area contributed by atoms with Crippen molar-refractivity contribution in [1.29, 1.82) is 0 Å². The molecule has 3 heteroatoms. The lowest BCUT2D eigenvalue weighted by Gasteiger charge is -2.25. The van der Waals surface area contributed by atoms with Gasteiger partial charge in [-0.15, -0.1) is 0 Å². The fourth-order valence-electron chi connectivity index (χ4n) is 2.44. The Kier molecular flexibility index (Phi) is 4.74. The van der Waals surface area contributed by atoms with Crippen LogP contribution in [0.25, 0.3) is 10.9 Å². The molecule has 1 heterocycles. The highest BCUT2D eigenvalue weighted by molar-refractivity contribution is 5.81. The molecular weight excluding hydrogens is 234 g/mol. The Hall–Kier alpha value is -1.61. The Morgan fingerprint density at radius 1 is 1.11 bits per heavy atom. The fraction of sp³-hybridized carbons (Fsp3) is 0.438. The molecule has 0 fully saturated rings. The molecule has 102 valence electrons. The van der Waals surface area contributed by atoms with Gasteiger partial charge < -0.3 is 10.6 Å². The van der Waals surface area contributed by atoms with E-state index in [9.17, 15) is 0 Å². The zero-order valence-corrected chi connectivity index (χ0v) is 11.9. The zero-order valence-electron chi connectivity index (χ0n) is 11.9. The molecule has 0 unspecified atom stereocenters. The largest absolute Gasteiger partial charge is 0.356 e. The number of pyridine rings is 1. The van der Waals surface area contributed by atoms with E-state index in [1.54, 1.807) is 0 Å². The molecular formula is C16H23N3. The maximum absolute atomic E-state index is 5.91. The van der Waals surface area contributed by atoms with Crippen LogP contribution in [0.2, 0.25) is 0 Å². The van der Waals surface area contributed by atoms with Crippen LogP contribution in [-0.4, -0.2) is 18.1 Å². The topological polar surface area (TPSA) is 42.2 Å². The summed E-state index contributed by atoms with van der Waals surface area (Å²) in [4.78, 5) is 7.19. The first-order valence-electron chi connectivity index (χ1n) is 7.13. The normalized spacial score (nSPS) is 10.9. The molecule has 0 bridgehead atoms. The highest BCUT2D eigenvalue weighted by Gasteiger charge is 2.12. The summed E-state index contributed by atoms with van der Waals surface area (Å²) in [6.07, 6.45) is 2.25. The van der Waals surface area contributed by atoms with Crippen molar-refractivity contribution in [2.24, 2.45) is 5.73 Å². The molecule has 0 spiro atoms. The number of para-hydroxylation sites is 1. The summed E-state index contributed by atoms with van der Waals surface area (Å²) < 4.78 is 0. The van der Waals surface area contributed by atoms with E-state index in [-0.39, 0.29) is 0 Å². The SMILES string of the molecule is CCCN(CCC)c1nc2ccccc2cc1CN. The van der Waals surface area contributed by atoms with Crippen LogP contribution in [0.4, 0.5) is 5.82 Å². The van der Waals surface area contributed by atoms with Gasteiger partial charge in [0.2, 0.25) is 0 Å². The Morgan fingerprint density at radius 3 is 2.42 bits per heavy atom. The van der Waals surface area contributed by atoms with Gasteiger partial charge in [-0.3, -0.25) is 0 Å². The number of benzene rings is 1. The Morgan fingerprint density at radius 2 is 1.79 bits per heavy atom. The van der Waals surface area contributed by atoms with Gasteiger partial charge in [0.15, 0.2) is 0 Å². The van der Waals surface area contributed by atoms with E-state index in [2.05, 4.69) is 36.9 Å². The summed E-state index contributed by atoms with van der Waals surface area (Å²) in [5.74, 6) is 1.06. The number of hydrogen-bond acceptors (Lipinski definition) is 3. The number of rotatable bonds is 6. The number of aromatic nitrogens is 1. The molecule has 1 aromatic heterocycles. The summed E-state index contributed by atoms with van der Waals surface area (Å²) in [6.45, 7) is 7.01. The highest BCUT2D eigenvalue weighted by Crippen LogP contribution is 2.23. The third kappa shape index (κ3) is 3.04. The van der Waals surface area contributed by atoms with Gasteiger partial charge in [0.05, 0.1) is 5.52 Å². The second-order valence-corrected chi connectivity index (χ2v) is 4.85. The molecule has 0 aliphatic carbocycles. The fourth-order valence-corrected chi connectivity index (χ4v) is 2.44. The van der Waals surface area contributed by atoms with Crippen molar-refractivity contribution in [2.45, 2.75) is 33.2 Å². The molecule has 0 aliphatic rings. The van der Waals surface area contributed by atoms with Gasteiger partial charge in [0, 0.05) is 30.6 Å². The first-order chi connectivity index (χ1) is 9.30. The minimum atomic E-state index is 0.539. The van der Waals surface area contributed by atoms with E-state index in [1.165, 1.54) is 5.39 Å². The zero-order chi connectivity index (χ0) is 13.7. The van der Waals surface area contributed by atoms with Crippen molar-refractivity contribution in [2.75, 3.05) is 18.0 Å². The predicted molar refractivity (Wildman–Crippen MR) is 82.4 cm³/mol. The van der Waals surface area contributed by atoms with E-state index < -0.39 is 0 Å². The second-order valence-electron chi connectivity index (χ2n) is 4.85. The molecule has 0 amide bonds. The standard InChI is InChI=1S/C16H23N3/c1-3-9-19(10-4-2)16-14(12-17)11-13-7-5-6-8-15(13)18-16/h5-8,11H,3-4,9-10,12,17H2,1-2H3. The first-order valence-corrected chi connectivity index (χ1v) is 7.13. The average molecular weight is 257 g/mol. The van der Waals surface area contributed by atoms with Gasteiger partial charge in [0.25, 0.3) is 0 Å². The number of anilines is 1. The quantitative estimate of drug-likeness (QED) is 0.863. The average Bonchev–Trinajstić information content (AvgIpc) is 2.45. The Balaban J connectivity index is 2.49. The Labute approximate surface area is 115 Å². The molecule has 3 nitrogen and oxygen atoms in total. The van der Waals surface area contributed by atoms with Gasteiger partial charge in [-0.2, -0.15) is 0 Å². The van der Waals surface area contributed by atoms with Crippen LogP contribution in [0.3, 0.4) is 0 Å². The molecule has 2 N–H and O–H groups in total. The van der Waals surface area contributed by atoms with E-state index >= 15 is 0 Å². The van der Waals surface area contributed by atoms with E-state index in [4.69, 9.17) is 10.7 Å². The molecule has 2 rings (SSSR count). The van der Waals surface area contributed by atoms with Crippen molar-refractivity contribution in [3.8, 4) is 0 Å². The van der Waals surface area contributed by atoms with Crippen molar-refractivity contribution in [3.05, 3.63) is 35.9 Å². The van der Waals surface area contributed by atoms with Crippen LogP contribution in [0.1, 0.15) is 32.3 Å². The third-order valence-electron chi connectivity index (χ3n) is 3.29. The van der Waals surface area contributed by atoms with Crippen LogP contribution in [0, 0.1) is 0 Å². The molecule has 0 radical (unpaired) electrons. The van der Waals surface area contributed by atoms with Gasteiger partial charge in [0.1, 0.15) is 5.82 Å². The molecule has 0 atom stereocenters. The number of nitrogens with two attached hydrogens (primary N) is 1. The van der Waals surface area contributed by atoms with E-state index in [0.717, 1.165) is 42.8 Å². The summed E-state index contributed by atoms with van der Waals surface area (Å²) in [5.41, 5.74) is 8.09. The van der Waals surface area contributed by atoms with Gasteiger partial charge in [-0.25, -0.2) is 4.98 Å². The van der Waals surface area contributed by atoms with Gasteiger partial charge >= 0.3 is 0 Å². The van der Waals surface area contributed by atoms with Gasteiger partial charge in [-0.1, -0.05) is 32.0 Å². The molecule has 0 saturated heterocycles. The molecule has 19 heavy (non-hydrogen) atoms. The molecule has 2 aromatic rings. The van der Waals surface area contributed by atoms with Crippen LogP contribution in [-0.2, 0) is 6.54 Å². The summed E-state index contributed by atoms with van der Waals surface area (Å²) in [6, 6.07) is 10.4. The third-order valence-corrected chi connectivity index (χ3v) is 3.29. The lowest BCUT2D eigenvalue weighted by atomic mass is 10.1. The molecule has 0 aliphatic heterocycles. The minimum Gasteiger partial charge on any atom is -0.356 e. The van der Waals surface area contributed by atoms with Crippen molar-refractivity contribution in [3.63, 3.8) is 0 Å². The number of fused-ring (bicyclic) bond motifs is 1. The van der Waals surface area contributed by atoms with Crippen LogP contribution in [0.15, 0.2) is 30.3 Å². The minimum absolute atomic E-state index is 0.539. The maximum Gasteiger partial charge on any atom is 0.133 e. The Bertz CT molecular complexity index is 531. The van der Waals surface area contributed by atoms with Gasteiger partial charge in [-0.05, 0) is 25.0 Å². The van der Waals surface area contributed by atoms with Crippen LogP contribution in [0.5, 0.6) is 0 Å². The van der Waals surface area contributed by atoms with Crippen molar-refractivity contribution < 1.29 is 0 Å². The lowest BCUT2D eigenvalue weighted by molar-refractivity contribution is 0.730. The van der Waals surface area contributed by atoms with Crippen molar-refractivity contribution >= 4 is 16.7 Å². The summed E-state index contributed by atoms with van der Waals surface area (Å²) in [7, 11) is 0. The smallest absolute Gasteiger partial charge is 0.133 e. The van der Waals surface area contributed by atoms with Crippen LogP contribution >= 0.6 is 0 Å². The predicted octanol–water partition coefficient (Wildman–Crippen LogP) is 3.32. The monoisotopic (exact) mass is 257 g/mol. The second kappa shape index (κ2) is 6.53. The van der Waals surface area contributed by atoms with Crippen LogP contribution < -0.4 is 10.6 Å². The molecule has 0 saturated carbocycles. The lowest BCUT2D eigenvalue weighted by Crippen LogP contribution is -2.27. The number of hydrogen-bond donors (Lipinski definition) is 1. The number of nitrogens with zero attached hydrogens (tertiary/aromatic N) is 2. The first kappa shape index (κ1) is 13.8. The van der Waals surface area contributed by atoms with Crippen molar-refractivity contribution in [1.82, 2.24) is 4.98 Å². The van der Waals surface area contributed by atoms with E-state index in [0.29, 0.717) is 6.54 Å². The maximum atomic E-state index is 5.91.